The number of benzene rings is 3. The highest BCUT2D eigenvalue weighted by Gasteiger charge is 2.29. The van der Waals surface area contributed by atoms with Crippen LogP contribution < -0.4 is 4.74 Å². The Labute approximate surface area is 170 Å². The first-order valence-corrected chi connectivity index (χ1v) is 11.0. The second-order valence-electron chi connectivity index (χ2n) is 6.90. The van der Waals surface area contributed by atoms with Crippen molar-refractivity contribution in [1.82, 2.24) is 0 Å². The van der Waals surface area contributed by atoms with Crippen molar-refractivity contribution < 1.29 is 9.53 Å². The van der Waals surface area contributed by atoms with Crippen molar-refractivity contribution in [2.75, 3.05) is 0 Å². The molecule has 3 heteroatoms. The van der Waals surface area contributed by atoms with Gasteiger partial charge in [0.25, 0.3) is 0 Å². The number of hydrogen-bond donors (Lipinski definition) is 0. The second-order valence-corrected chi connectivity index (χ2v) is 8.92. The number of unbranched alkanes of at least 4 members (excludes halogenated alkanes) is 1. The van der Waals surface area contributed by atoms with Crippen molar-refractivity contribution in [2.45, 2.75) is 54.7 Å². The van der Waals surface area contributed by atoms with Crippen molar-refractivity contribution in [3.05, 3.63) is 83.9 Å². The van der Waals surface area contributed by atoms with Gasteiger partial charge >= 0.3 is 5.97 Å². The molecule has 144 valence electrons. The summed E-state index contributed by atoms with van der Waals surface area (Å²) in [5.74, 6) is 0.556. The molecule has 0 radical (unpaired) electrons. The molecule has 3 aromatic rings. The first-order chi connectivity index (χ1) is 13.6. The molecule has 3 aromatic carbocycles. The summed E-state index contributed by atoms with van der Waals surface area (Å²) in [6.07, 6.45) is 2.32. The third-order valence-corrected chi connectivity index (χ3v) is 6.77. The average molecular weight is 392 g/mol. The molecule has 0 amide bonds. The minimum Gasteiger partial charge on any atom is -0.426 e. The molecule has 0 bridgehead atoms. The van der Waals surface area contributed by atoms with Gasteiger partial charge in [0.15, 0.2) is 14.7 Å². The van der Waals surface area contributed by atoms with E-state index in [2.05, 4.69) is 67.6 Å². The molecule has 0 aliphatic carbocycles. The molecule has 3 rings (SSSR count). The van der Waals surface area contributed by atoms with Gasteiger partial charge in [-0.1, -0.05) is 49.7 Å². The molecule has 0 aromatic heterocycles. The van der Waals surface area contributed by atoms with Crippen molar-refractivity contribution in [3.63, 3.8) is 0 Å². The van der Waals surface area contributed by atoms with E-state index in [1.807, 2.05) is 26.0 Å². The molecular weight excluding hydrogens is 364 g/mol. The Hall–Kier alpha value is -2.52. The lowest BCUT2D eigenvalue weighted by molar-refractivity contribution is -0.134. The van der Waals surface area contributed by atoms with Crippen LogP contribution in [0.1, 0.15) is 37.3 Å². The van der Waals surface area contributed by atoms with Crippen LogP contribution in [-0.2, 0) is 15.7 Å². The van der Waals surface area contributed by atoms with Crippen molar-refractivity contribution in [2.24, 2.45) is 0 Å². The van der Waals surface area contributed by atoms with Gasteiger partial charge in [0, 0.05) is 18.6 Å². The lowest BCUT2D eigenvalue weighted by Gasteiger charge is -2.14. The van der Waals surface area contributed by atoms with Crippen LogP contribution in [-0.4, -0.2) is 5.97 Å². The van der Waals surface area contributed by atoms with Gasteiger partial charge in [-0.05, 0) is 55.7 Å². The Balaban J connectivity index is 1.99. The fourth-order valence-electron chi connectivity index (χ4n) is 3.20. The molecule has 2 nitrogen and oxygen atoms in total. The molecular formula is C25H27O2S+. The highest BCUT2D eigenvalue weighted by Crippen LogP contribution is 2.35. The number of carbonyl (C=O) groups is 1. The predicted octanol–water partition coefficient (Wildman–Crippen LogP) is 6.49. The number of hydrogen-bond acceptors (Lipinski definition) is 2. The van der Waals surface area contributed by atoms with E-state index < -0.39 is 0 Å². The van der Waals surface area contributed by atoms with Gasteiger partial charge in [0.2, 0.25) is 0 Å². The van der Waals surface area contributed by atoms with Gasteiger partial charge in [-0.15, -0.1) is 0 Å². The minimum absolute atomic E-state index is 0.147. The highest BCUT2D eigenvalue weighted by atomic mass is 32.2. The maximum absolute atomic E-state index is 12.1. The molecule has 0 aliphatic heterocycles. The van der Waals surface area contributed by atoms with E-state index in [4.69, 9.17) is 4.74 Å². The molecule has 0 aliphatic rings. The Morgan fingerprint density at radius 1 is 0.821 bits per heavy atom. The Morgan fingerprint density at radius 2 is 1.32 bits per heavy atom. The van der Waals surface area contributed by atoms with Gasteiger partial charge < -0.3 is 4.74 Å². The van der Waals surface area contributed by atoms with Crippen LogP contribution in [0.5, 0.6) is 5.75 Å². The van der Waals surface area contributed by atoms with E-state index in [0.29, 0.717) is 12.2 Å². The number of carbonyl (C=O) groups excluding carboxylic acids is 1. The fraction of sp³-hybridized carbons (Fsp3) is 0.240. The van der Waals surface area contributed by atoms with E-state index >= 15 is 0 Å². The van der Waals surface area contributed by atoms with Gasteiger partial charge in [-0.25, -0.2) is 0 Å². The molecule has 0 fully saturated rings. The highest BCUT2D eigenvalue weighted by molar-refractivity contribution is 7.97. The van der Waals surface area contributed by atoms with Crippen LogP contribution in [0, 0.1) is 13.8 Å². The average Bonchev–Trinajstić information content (AvgIpc) is 2.71. The minimum atomic E-state index is -0.201. The maximum atomic E-state index is 12.1. The largest absolute Gasteiger partial charge is 0.426 e. The summed E-state index contributed by atoms with van der Waals surface area (Å²) >= 11 is 0. The standard InChI is InChI=1S/C25H27O2S/c1-4-5-16-24(26)27-25-19(2)17-23(18-20(25)3)28(21-12-8-6-9-13-21)22-14-10-7-11-15-22/h6-15,17-18H,4-5,16H2,1-3H3/q+1. The topological polar surface area (TPSA) is 26.3 Å². The van der Waals surface area contributed by atoms with E-state index in [0.717, 1.165) is 24.0 Å². The third-order valence-electron chi connectivity index (χ3n) is 4.58. The monoisotopic (exact) mass is 391 g/mol. The quantitative estimate of drug-likeness (QED) is 0.261. The molecule has 0 N–H and O–H groups in total. The van der Waals surface area contributed by atoms with Gasteiger partial charge in [0.05, 0.1) is 10.9 Å². The lowest BCUT2D eigenvalue weighted by Crippen LogP contribution is -2.11. The zero-order chi connectivity index (χ0) is 19.9. The van der Waals surface area contributed by atoms with E-state index in [9.17, 15) is 4.79 Å². The van der Waals surface area contributed by atoms with Crippen LogP contribution in [0.2, 0.25) is 0 Å². The van der Waals surface area contributed by atoms with Gasteiger partial charge in [-0.3, -0.25) is 4.79 Å². The van der Waals surface area contributed by atoms with Crippen molar-refractivity contribution >= 4 is 16.9 Å². The Kier molecular flexibility index (Phi) is 6.94. The summed E-state index contributed by atoms with van der Waals surface area (Å²) in [6, 6.07) is 25.5. The summed E-state index contributed by atoms with van der Waals surface area (Å²) in [4.78, 5) is 15.9. The number of aryl methyl sites for hydroxylation is 2. The first kappa shape index (κ1) is 20.2. The summed E-state index contributed by atoms with van der Waals surface area (Å²) in [5, 5.41) is 0. The Bertz CT molecular complexity index is 857. The fourth-order valence-corrected chi connectivity index (χ4v) is 5.46. The SMILES string of the molecule is CCCCC(=O)Oc1c(C)cc([S+](c2ccccc2)c2ccccc2)cc1C. The first-order valence-electron chi connectivity index (χ1n) is 9.76. The third kappa shape index (κ3) is 4.85. The van der Waals surface area contributed by atoms with Crippen LogP contribution >= 0.6 is 0 Å². The van der Waals surface area contributed by atoms with E-state index in [-0.39, 0.29) is 16.9 Å². The van der Waals surface area contributed by atoms with Crippen LogP contribution in [0.4, 0.5) is 0 Å². The van der Waals surface area contributed by atoms with Gasteiger partial charge in [0.1, 0.15) is 5.75 Å². The van der Waals surface area contributed by atoms with Crippen molar-refractivity contribution in [3.8, 4) is 5.75 Å². The summed E-state index contributed by atoms with van der Waals surface area (Å²) in [7, 11) is -0.201. The molecule has 0 spiro atoms. The van der Waals surface area contributed by atoms with Crippen LogP contribution in [0.15, 0.2) is 87.5 Å². The molecule has 0 heterocycles. The lowest BCUT2D eigenvalue weighted by atomic mass is 10.1. The maximum Gasteiger partial charge on any atom is 0.311 e. The molecule has 0 atom stereocenters. The molecule has 0 unspecified atom stereocenters. The summed E-state index contributed by atoms with van der Waals surface area (Å²) in [5.41, 5.74) is 2.01. The zero-order valence-corrected chi connectivity index (χ0v) is 17.6. The number of esters is 1. The van der Waals surface area contributed by atoms with E-state index in [1.165, 1.54) is 14.7 Å². The second kappa shape index (κ2) is 9.61. The zero-order valence-electron chi connectivity index (χ0n) is 16.8. The molecule has 0 saturated carbocycles. The van der Waals surface area contributed by atoms with Crippen LogP contribution in [0.25, 0.3) is 0 Å². The van der Waals surface area contributed by atoms with Crippen molar-refractivity contribution in [1.29, 1.82) is 0 Å². The Morgan fingerprint density at radius 3 is 1.79 bits per heavy atom. The van der Waals surface area contributed by atoms with Crippen LogP contribution in [0.3, 0.4) is 0 Å². The molecule has 28 heavy (non-hydrogen) atoms. The summed E-state index contributed by atoms with van der Waals surface area (Å²) < 4.78 is 5.69. The number of ether oxygens (including phenoxy) is 1. The molecule has 0 saturated heterocycles. The number of rotatable bonds is 7. The predicted molar refractivity (Wildman–Crippen MR) is 116 cm³/mol. The van der Waals surface area contributed by atoms with E-state index in [1.54, 1.807) is 0 Å². The summed E-state index contributed by atoms with van der Waals surface area (Å²) in [6.45, 7) is 6.12. The van der Waals surface area contributed by atoms with Gasteiger partial charge in [-0.2, -0.15) is 0 Å². The smallest absolute Gasteiger partial charge is 0.311 e. The normalized spacial score (nSPS) is 10.9.